The van der Waals surface area contributed by atoms with Gasteiger partial charge in [-0.15, -0.1) is 0 Å². The van der Waals surface area contributed by atoms with Crippen molar-refractivity contribution in [3.8, 4) is 0 Å². The summed E-state index contributed by atoms with van der Waals surface area (Å²) in [5.41, 5.74) is 0.764. The van der Waals surface area contributed by atoms with Crippen molar-refractivity contribution < 1.29 is 14.3 Å². The van der Waals surface area contributed by atoms with Crippen molar-refractivity contribution in [2.75, 3.05) is 19.0 Å². The van der Waals surface area contributed by atoms with Gasteiger partial charge in [0.05, 0.1) is 23.7 Å². The van der Waals surface area contributed by atoms with Gasteiger partial charge in [-0.1, -0.05) is 18.5 Å². The maximum atomic E-state index is 12.1. The third kappa shape index (κ3) is 3.11. The van der Waals surface area contributed by atoms with E-state index in [1.165, 1.54) is 13.2 Å². The topological polar surface area (TPSA) is 67.4 Å². The van der Waals surface area contributed by atoms with Crippen LogP contribution in [0.1, 0.15) is 23.7 Å². The van der Waals surface area contributed by atoms with Gasteiger partial charge < -0.3 is 15.4 Å². The molecule has 2 rings (SSSR count). The highest BCUT2D eigenvalue weighted by atomic mass is 35.5. The highest BCUT2D eigenvalue weighted by Gasteiger charge is 2.29. The Labute approximate surface area is 122 Å². The van der Waals surface area contributed by atoms with E-state index in [4.69, 9.17) is 11.6 Å². The molecule has 0 spiro atoms. The van der Waals surface area contributed by atoms with E-state index in [1.54, 1.807) is 12.1 Å². The molecule has 2 N–H and O–H groups in total. The number of rotatable bonds is 3. The number of benzene rings is 1. The zero-order chi connectivity index (χ0) is 14.7. The molecule has 1 aliphatic rings. The Bertz CT molecular complexity index is 533. The standard InChI is InChI=1S/C14H17ClN2O3/c1-8-5-6-16-12(8)13(18)17-9-3-4-11(15)10(7-9)14(19)20-2/h3-4,7-8,12,16H,5-6H2,1-2H3,(H,17,18). The smallest absolute Gasteiger partial charge is 0.339 e. The molecule has 1 aromatic rings. The molecule has 2 unspecified atom stereocenters. The lowest BCUT2D eigenvalue weighted by Crippen LogP contribution is -2.39. The number of carbonyl (C=O) groups is 2. The van der Waals surface area contributed by atoms with Gasteiger partial charge in [0.2, 0.25) is 5.91 Å². The number of halogens is 1. The minimum Gasteiger partial charge on any atom is -0.465 e. The average Bonchev–Trinajstić information content (AvgIpc) is 2.86. The zero-order valence-electron chi connectivity index (χ0n) is 11.4. The number of methoxy groups -OCH3 is 1. The molecule has 6 heteroatoms. The van der Waals surface area contributed by atoms with Crippen molar-refractivity contribution in [3.05, 3.63) is 28.8 Å². The van der Waals surface area contributed by atoms with Gasteiger partial charge in [-0.2, -0.15) is 0 Å². The maximum absolute atomic E-state index is 12.1. The van der Waals surface area contributed by atoms with Crippen LogP contribution in [0.3, 0.4) is 0 Å². The molecular formula is C14H17ClN2O3. The first-order valence-electron chi connectivity index (χ1n) is 6.45. The van der Waals surface area contributed by atoms with Crippen molar-refractivity contribution in [1.29, 1.82) is 0 Å². The van der Waals surface area contributed by atoms with Crippen molar-refractivity contribution in [2.45, 2.75) is 19.4 Å². The average molecular weight is 297 g/mol. The minimum absolute atomic E-state index is 0.104. The van der Waals surface area contributed by atoms with Gasteiger partial charge in [0.25, 0.3) is 0 Å². The first-order chi connectivity index (χ1) is 9.52. The van der Waals surface area contributed by atoms with E-state index in [1.807, 2.05) is 6.92 Å². The Morgan fingerprint density at radius 2 is 2.20 bits per heavy atom. The summed E-state index contributed by atoms with van der Waals surface area (Å²) in [6, 6.07) is 4.54. The quantitative estimate of drug-likeness (QED) is 0.838. The van der Waals surface area contributed by atoms with Crippen LogP contribution in [0, 0.1) is 5.92 Å². The molecule has 5 nitrogen and oxygen atoms in total. The summed E-state index contributed by atoms with van der Waals surface area (Å²) >= 11 is 5.93. The molecule has 1 heterocycles. The van der Waals surface area contributed by atoms with E-state index < -0.39 is 5.97 Å². The Balaban J connectivity index is 2.13. The molecule has 2 atom stereocenters. The molecule has 1 aromatic carbocycles. The monoisotopic (exact) mass is 296 g/mol. The van der Waals surface area contributed by atoms with E-state index in [-0.39, 0.29) is 17.5 Å². The van der Waals surface area contributed by atoms with Crippen LogP contribution in [0.25, 0.3) is 0 Å². The minimum atomic E-state index is -0.529. The van der Waals surface area contributed by atoms with Crippen LogP contribution < -0.4 is 10.6 Å². The predicted molar refractivity (Wildman–Crippen MR) is 77.0 cm³/mol. The van der Waals surface area contributed by atoms with Gasteiger partial charge in [-0.05, 0) is 37.1 Å². The zero-order valence-corrected chi connectivity index (χ0v) is 12.2. The number of ether oxygens (including phenoxy) is 1. The molecule has 0 saturated carbocycles. The van der Waals surface area contributed by atoms with Gasteiger partial charge in [0, 0.05) is 5.69 Å². The van der Waals surface area contributed by atoms with Crippen LogP contribution in [0.15, 0.2) is 18.2 Å². The van der Waals surface area contributed by atoms with Crippen LogP contribution in [0.4, 0.5) is 5.69 Å². The number of amides is 1. The summed E-state index contributed by atoms with van der Waals surface area (Å²) in [7, 11) is 1.29. The highest BCUT2D eigenvalue weighted by molar-refractivity contribution is 6.33. The van der Waals surface area contributed by atoms with Gasteiger partial charge in [-0.25, -0.2) is 4.79 Å². The molecule has 1 amide bonds. The van der Waals surface area contributed by atoms with Crippen LogP contribution >= 0.6 is 11.6 Å². The summed E-state index contributed by atoms with van der Waals surface area (Å²) in [6.45, 7) is 2.87. The Morgan fingerprint density at radius 3 is 2.80 bits per heavy atom. The molecule has 0 aliphatic carbocycles. The second kappa shape index (κ2) is 6.24. The van der Waals surface area contributed by atoms with Crippen LogP contribution in [0.2, 0.25) is 5.02 Å². The van der Waals surface area contributed by atoms with Crippen molar-refractivity contribution in [2.24, 2.45) is 5.92 Å². The molecular weight excluding hydrogens is 280 g/mol. The number of esters is 1. The number of hydrogen-bond donors (Lipinski definition) is 2. The number of carbonyl (C=O) groups excluding carboxylic acids is 2. The fraction of sp³-hybridized carbons (Fsp3) is 0.429. The van der Waals surface area contributed by atoms with Crippen LogP contribution in [-0.4, -0.2) is 31.6 Å². The molecule has 1 fully saturated rings. The molecule has 1 aliphatic heterocycles. The summed E-state index contributed by atoms with van der Waals surface area (Å²) < 4.78 is 4.65. The van der Waals surface area contributed by atoms with Gasteiger partial charge in [0.1, 0.15) is 0 Å². The van der Waals surface area contributed by atoms with E-state index in [0.717, 1.165) is 13.0 Å². The lowest BCUT2D eigenvalue weighted by Gasteiger charge is -2.16. The van der Waals surface area contributed by atoms with E-state index in [9.17, 15) is 9.59 Å². The maximum Gasteiger partial charge on any atom is 0.339 e. The van der Waals surface area contributed by atoms with Crippen molar-refractivity contribution in [3.63, 3.8) is 0 Å². The van der Waals surface area contributed by atoms with Gasteiger partial charge in [0.15, 0.2) is 0 Å². The van der Waals surface area contributed by atoms with Crippen LogP contribution in [0.5, 0.6) is 0 Å². The Hall–Kier alpha value is -1.59. The first kappa shape index (κ1) is 14.8. The van der Waals surface area contributed by atoms with Gasteiger partial charge >= 0.3 is 5.97 Å². The fourth-order valence-corrected chi connectivity index (χ4v) is 2.47. The molecule has 0 radical (unpaired) electrons. The summed E-state index contributed by atoms with van der Waals surface area (Å²) in [5, 5.41) is 6.24. The van der Waals surface area contributed by atoms with Crippen molar-refractivity contribution >= 4 is 29.2 Å². The van der Waals surface area contributed by atoms with Gasteiger partial charge in [-0.3, -0.25) is 4.79 Å². The van der Waals surface area contributed by atoms with E-state index in [0.29, 0.717) is 16.6 Å². The fourth-order valence-electron chi connectivity index (χ4n) is 2.27. The van der Waals surface area contributed by atoms with Crippen LogP contribution in [-0.2, 0) is 9.53 Å². The predicted octanol–water partition coefficient (Wildman–Crippen LogP) is 2.06. The van der Waals surface area contributed by atoms with E-state index in [2.05, 4.69) is 15.4 Å². The summed E-state index contributed by atoms with van der Waals surface area (Å²) in [5.74, 6) is -0.339. The molecule has 20 heavy (non-hydrogen) atoms. The summed E-state index contributed by atoms with van der Waals surface area (Å²) in [4.78, 5) is 23.7. The number of hydrogen-bond acceptors (Lipinski definition) is 4. The second-order valence-electron chi connectivity index (χ2n) is 4.87. The lowest BCUT2D eigenvalue weighted by molar-refractivity contribution is -0.118. The SMILES string of the molecule is COC(=O)c1cc(NC(=O)C2NCCC2C)ccc1Cl. The molecule has 108 valence electrons. The molecule has 1 saturated heterocycles. The second-order valence-corrected chi connectivity index (χ2v) is 5.28. The largest absolute Gasteiger partial charge is 0.465 e. The Kier molecular flexibility index (Phi) is 4.62. The Morgan fingerprint density at radius 1 is 1.45 bits per heavy atom. The summed E-state index contributed by atoms with van der Waals surface area (Å²) in [6.07, 6.45) is 0.978. The third-order valence-corrected chi connectivity index (χ3v) is 3.78. The van der Waals surface area contributed by atoms with Crippen molar-refractivity contribution in [1.82, 2.24) is 5.32 Å². The normalized spacial score (nSPS) is 21.6. The number of nitrogens with one attached hydrogen (secondary N) is 2. The highest BCUT2D eigenvalue weighted by Crippen LogP contribution is 2.22. The third-order valence-electron chi connectivity index (χ3n) is 3.45. The first-order valence-corrected chi connectivity index (χ1v) is 6.83. The molecule has 0 bridgehead atoms. The number of anilines is 1. The lowest BCUT2D eigenvalue weighted by atomic mass is 10.0. The van der Waals surface area contributed by atoms with E-state index >= 15 is 0 Å². The molecule has 0 aromatic heterocycles.